The summed E-state index contributed by atoms with van der Waals surface area (Å²) in [5.41, 5.74) is 6.72. The Labute approximate surface area is 107 Å². The number of rotatable bonds is 3. The number of nitrogens with two attached hydrogens (primary N) is 1. The normalized spacial score (nSPS) is 23.8. The molecule has 1 fully saturated rings. The molecular formula is C11H19ClN4O. The minimum Gasteiger partial charge on any atom is -0.327 e. The molecule has 1 heterocycles. The third kappa shape index (κ3) is 4.02. The van der Waals surface area contributed by atoms with Gasteiger partial charge in [0, 0.05) is 18.7 Å². The van der Waals surface area contributed by atoms with Crippen LogP contribution in [-0.4, -0.2) is 22.1 Å². The molecule has 5 nitrogen and oxygen atoms in total. The quantitative estimate of drug-likeness (QED) is 0.771. The van der Waals surface area contributed by atoms with Crippen molar-refractivity contribution in [3.05, 3.63) is 12.4 Å². The molecule has 0 spiro atoms. The van der Waals surface area contributed by atoms with Crippen molar-refractivity contribution in [2.75, 3.05) is 5.32 Å². The number of anilines is 1. The fourth-order valence-electron chi connectivity index (χ4n) is 2.26. The van der Waals surface area contributed by atoms with Crippen LogP contribution < -0.4 is 11.1 Å². The number of amides is 1. The fourth-order valence-corrected chi connectivity index (χ4v) is 2.26. The van der Waals surface area contributed by atoms with Gasteiger partial charge in [-0.25, -0.2) is 0 Å². The van der Waals surface area contributed by atoms with Gasteiger partial charge in [-0.05, 0) is 18.8 Å². The Morgan fingerprint density at radius 1 is 1.53 bits per heavy atom. The average molecular weight is 259 g/mol. The van der Waals surface area contributed by atoms with Crippen LogP contribution in [0.25, 0.3) is 0 Å². The van der Waals surface area contributed by atoms with Crippen LogP contribution in [0.1, 0.15) is 32.1 Å². The Kier molecular flexibility index (Phi) is 5.44. The topological polar surface area (TPSA) is 83.8 Å². The minimum absolute atomic E-state index is 0. The lowest BCUT2D eigenvalue weighted by molar-refractivity contribution is -0.117. The van der Waals surface area contributed by atoms with E-state index in [1.165, 1.54) is 12.8 Å². The van der Waals surface area contributed by atoms with Crippen LogP contribution in [0.2, 0.25) is 0 Å². The SMILES string of the molecule is Cl.NC1CCCCC1CC(=O)Nc1cn[nH]c1. The number of hydrogen-bond donors (Lipinski definition) is 3. The maximum atomic E-state index is 11.7. The van der Waals surface area contributed by atoms with Gasteiger partial charge in [0.2, 0.25) is 5.91 Å². The standard InChI is InChI=1S/C11H18N4O.ClH/c12-10-4-2-1-3-8(10)5-11(16)15-9-6-13-14-7-9;/h6-8,10H,1-5,12H2,(H,13,14)(H,15,16);1H. The number of H-pyrrole nitrogens is 1. The van der Waals surface area contributed by atoms with Crippen molar-refractivity contribution in [2.45, 2.75) is 38.1 Å². The number of nitrogens with zero attached hydrogens (tertiary/aromatic N) is 1. The molecule has 1 aliphatic rings. The number of carbonyl (C=O) groups excluding carboxylic acids is 1. The molecule has 1 aromatic rings. The van der Waals surface area contributed by atoms with Gasteiger partial charge in [0.05, 0.1) is 11.9 Å². The van der Waals surface area contributed by atoms with E-state index in [4.69, 9.17) is 5.73 Å². The van der Waals surface area contributed by atoms with Crippen molar-refractivity contribution in [3.8, 4) is 0 Å². The van der Waals surface area contributed by atoms with E-state index in [1.54, 1.807) is 12.4 Å². The van der Waals surface area contributed by atoms with E-state index in [9.17, 15) is 4.79 Å². The zero-order chi connectivity index (χ0) is 11.4. The smallest absolute Gasteiger partial charge is 0.224 e. The average Bonchev–Trinajstić information content (AvgIpc) is 2.74. The second-order valence-electron chi connectivity index (χ2n) is 4.45. The first kappa shape index (κ1) is 14.0. The molecule has 0 saturated heterocycles. The molecular weight excluding hydrogens is 240 g/mol. The molecule has 0 aromatic carbocycles. The van der Waals surface area contributed by atoms with Crippen molar-refractivity contribution in [3.63, 3.8) is 0 Å². The first-order valence-electron chi connectivity index (χ1n) is 5.80. The number of aromatic nitrogens is 2. The van der Waals surface area contributed by atoms with Crippen molar-refractivity contribution >= 4 is 24.0 Å². The molecule has 2 rings (SSSR count). The van der Waals surface area contributed by atoms with E-state index in [0.29, 0.717) is 12.3 Å². The van der Waals surface area contributed by atoms with Crippen LogP contribution in [0.3, 0.4) is 0 Å². The summed E-state index contributed by atoms with van der Waals surface area (Å²) < 4.78 is 0. The molecule has 1 amide bonds. The molecule has 2 atom stereocenters. The van der Waals surface area contributed by atoms with Gasteiger partial charge >= 0.3 is 0 Å². The van der Waals surface area contributed by atoms with E-state index in [-0.39, 0.29) is 24.4 Å². The number of aromatic amines is 1. The molecule has 1 aliphatic carbocycles. The van der Waals surface area contributed by atoms with Crippen molar-refractivity contribution < 1.29 is 4.79 Å². The number of hydrogen-bond acceptors (Lipinski definition) is 3. The second-order valence-corrected chi connectivity index (χ2v) is 4.45. The van der Waals surface area contributed by atoms with Crippen molar-refractivity contribution in [1.29, 1.82) is 0 Å². The van der Waals surface area contributed by atoms with E-state index in [1.807, 2.05) is 0 Å². The highest BCUT2D eigenvalue weighted by atomic mass is 35.5. The zero-order valence-electron chi connectivity index (χ0n) is 9.69. The molecule has 0 aliphatic heterocycles. The monoisotopic (exact) mass is 258 g/mol. The summed E-state index contributed by atoms with van der Waals surface area (Å²) in [6, 6.07) is 0.184. The second kappa shape index (κ2) is 6.61. The Morgan fingerprint density at radius 3 is 2.94 bits per heavy atom. The minimum atomic E-state index is 0. The van der Waals surface area contributed by atoms with E-state index < -0.39 is 0 Å². The Bertz CT molecular complexity index is 341. The highest BCUT2D eigenvalue weighted by molar-refractivity contribution is 5.90. The Balaban J connectivity index is 0.00000144. The van der Waals surface area contributed by atoms with Crippen LogP contribution in [0.4, 0.5) is 5.69 Å². The van der Waals surface area contributed by atoms with Gasteiger partial charge in [-0.15, -0.1) is 12.4 Å². The summed E-state index contributed by atoms with van der Waals surface area (Å²) >= 11 is 0. The highest BCUT2D eigenvalue weighted by Gasteiger charge is 2.24. The predicted molar refractivity (Wildman–Crippen MR) is 69.0 cm³/mol. The third-order valence-electron chi connectivity index (χ3n) is 3.20. The molecule has 96 valence electrons. The van der Waals surface area contributed by atoms with Crippen LogP contribution in [-0.2, 0) is 4.79 Å². The zero-order valence-corrected chi connectivity index (χ0v) is 10.5. The Hall–Kier alpha value is -1.07. The first-order valence-corrected chi connectivity index (χ1v) is 5.80. The summed E-state index contributed by atoms with van der Waals surface area (Å²) in [5.74, 6) is 0.365. The van der Waals surface area contributed by atoms with Gasteiger partial charge in [-0.2, -0.15) is 5.10 Å². The van der Waals surface area contributed by atoms with E-state index in [0.717, 1.165) is 18.5 Å². The summed E-state index contributed by atoms with van der Waals surface area (Å²) in [5, 5.41) is 9.23. The van der Waals surface area contributed by atoms with Gasteiger partial charge in [0.1, 0.15) is 0 Å². The first-order chi connectivity index (χ1) is 7.75. The summed E-state index contributed by atoms with van der Waals surface area (Å²) in [6.45, 7) is 0. The lowest BCUT2D eigenvalue weighted by atomic mass is 9.83. The molecule has 17 heavy (non-hydrogen) atoms. The lowest BCUT2D eigenvalue weighted by Crippen LogP contribution is -2.35. The molecule has 0 radical (unpaired) electrons. The molecule has 6 heteroatoms. The van der Waals surface area contributed by atoms with E-state index in [2.05, 4.69) is 15.5 Å². The van der Waals surface area contributed by atoms with Crippen LogP contribution in [0.15, 0.2) is 12.4 Å². The molecule has 0 bridgehead atoms. The van der Waals surface area contributed by atoms with Crippen LogP contribution in [0, 0.1) is 5.92 Å². The Morgan fingerprint density at radius 2 is 2.29 bits per heavy atom. The molecule has 1 saturated carbocycles. The van der Waals surface area contributed by atoms with Gasteiger partial charge in [0.15, 0.2) is 0 Å². The number of carbonyl (C=O) groups is 1. The maximum Gasteiger partial charge on any atom is 0.224 e. The lowest BCUT2D eigenvalue weighted by Gasteiger charge is -2.27. The molecule has 4 N–H and O–H groups in total. The van der Waals surface area contributed by atoms with Gasteiger partial charge in [-0.3, -0.25) is 9.89 Å². The number of nitrogens with one attached hydrogen (secondary N) is 2. The molecule has 2 unspecified atom stereocenters. The van der Waals surface area contributed by atoms with Crippen LogP contribution >= 0.6 is 12.4 Å². The maximum absolute atomic E-state index is 11.7. The highest BCUT2D eigenvalue weighted by Crippen LogP contribution is 2.25. The summed E-state index contributed by atoms with van der Waals surface area (Å²) in [6.07, 6.45) is 8.28. The fraction of sp³-hybridized carbons (Fsp3) is 0.636. The number of halogens is 1. The third-order valence-corrected chi connectivity index (χ3v) is 3.20. The van der Waals surface area contributed by atoms with Gasteiger partial charge in [0.25, 0.3) is 0 Å². The molecule has 1 aromatic heterocycles. The predicted octanol–water partition coefficient (Wildman–Crippen LogP) is 1.68. The van der Waals surface area contributed by atoms with Crippen LogP contribution in [0.5, 0.6) is 0 Å². The largest absolute Gasteiger partial charge is 0.327 e. The van der Waals surface area contributed by atoms with Crippen molar-refractivity contribution in [1.82, 2.24) is 10.2 Å². The van der Waals surface area contributed by atoms with Gasteiger partial charge < -0.3 is 11.1 Å². The summed E-state index contributed by atoms with van der Waals surface area (Å²) in [7, 11) is 0. The van der Waals surface area contributed by atoms with Gasteiger partial charge in [-0.1, -0.05) is 12.8 Å². The summed E-state index contributed by atoms with van der Waals surface area (Å²) in [4.78, 5) is 11.7. The van der Waals surface area contributed by atoms with Crippen molar-refractivity contribution in [2.24, 2.45) is 11.7 Å². The van der Waals surface area contributed by atoms with E-state index >= 15 is 0 Å².